The minimum Gasteiger partial charge on any atom is -0.477 e. The average molecular weight is 407 g/mol. The van der Waals surface area contributed by atoms with Crippen LogP contribution in [0.1, 0.15) is 53.2 Å². The number of aliphatic hydroxyl groups is 1. The summed E-state index contributed by atoms with van der Waals surface area (Å²) in [6.45, 7) is 5.23. The Morgan fingerprint density at radius 2 is 2.04 bits per heavy atom. The molecule has 1 aliphatic heterocycles. The van der Waals surface area contributed by atoms with Gasteiger partial charge in [0.1, 0.15) is 23.2 Å². The number of carbonyl (C=O) groups excluding carboxylic acids is 1. The van der Waals surface area contributed by atoms with Gasteiger partial charge in [-0.15, -0.1) is 16.4 Å². The molecule has 0 aliphatic carbocycles. The molecule has 0 radical (unpaired) electrons. The first kappa shape index (κ1) is 20.4. The summed E-state index contributed by atoms with van der Waals surface area (Å²) in [7, 11) is 0. The molecule has 3 rings (SSSR count). The molecule has 1 amide bonds. The van der Waals surface area contributed by atoms with Crippen LogP contribution in [0.3, 0.4) is 0 Å². The first-order chi connectivity index (χ1) is 13.3. The van der Waals surface area contributed by atoms with E-state index in [9.17, 15) is 14.7 Å². The van der Waals surface area contributed by atoms with Gasteiger partial charge >= 0.3 is 5.97 Å². The highest BCUT2D eigenvalue weighted by Gasteiger charge is 2.25. The lowest BCUT2D eigenvalue weighted by Crippen LogP contribution is -2.40. The highest BCUT2D eigenvalue weighted by molar-refractivity contribution is 7.13. The van der Waals surface area contributed by atoms with Crippen LogP contribution in [0.15, 0.2) is 12.4 Å². The van der Waals surface area contributed by atoms with Gasteiger partial charge in [0.2, 0.25) is 5.91 Å². The van der Waals surface area contributed by atoms with Gasteiger partial charge in [0.25, 0.3) is 0 Å². The molecule has 1 fully saturated rings. The number of hydrogen-bond acceptors (Lipinski definition) is 7. The van der Waals surface area contributed by atoms with E-state index in [1.54, 1.807) is 6.20 Å². The van der Waals surface area contributed by atoms with Crippen LogP contribution < -0.4 is 0 Å². The van der Waals surface area contributed by atoms with Crippen LogP contribution in [-0.4, -0.2) is 60.1 Å². The van der Waals surface area contributed by atoms with Gasteiger partial charge in [0.15, 0.2) is 0 Å². The number of carbonyl (C=O) groups is 2. The van der Waals surface area contributed by atoms with Crippen molar-refractivity contribution in [2.24, 2.45) is 11.8 Å². The van der Waals surface area contributed by atoms with Crippen LogP contribution in [0.4, 0.5) is 0 Å². The van der Waals surface area contributed by atoms with Gasteiger partial charge < -0.3 is 15.1 Å². The van der Waals surface area contributed by atoms with E-state index in [-0.39, 0.29) is 23.2 Å². The third-order valence-electron chi connectivity index (χ3n) is 4.98. The van der Waals surface area contributed by atoms with Crippen molar-refractivity contribution in [1.82, 2.24) is 24.9 Å². The van der Waals surface area contributed by atoms with E-state index in [1.165, 1.54) is 22.2 Å². The number of piperidine rings is 1. The number of hydrogen-bond donors (Lipinski definition) is 2. The first-order valence-electron chi connectivity index (χ1n) is 9.37. The van der Waals surface area contributed by atoms with E-state index < -0.39 is 12.1 Å². The zero-order valence-electron chi connectivity index (χ0n) is 16.0. The zero-order valence-corrected chi connectivity index (χ0v) is 16.8. The molecule has 1 atom stereocenters. The molecule has 28 heavy (non-hydrogen) atoms. The van der Waals surface area contributed by atoms with Crippen LogP contribution in [0.2, 0.25) is 0 Å². The summed E-state index contributed by atoms with van der Waals surface area (Å²) >= 11 is 1.22. The summed E-state index contributed by atoms with van der Waals surface area (Å²) in [5.74, 6) is -0.530. The van der Waals surface area contributed by atoms with Crippen molar-refractivity contribution in [3.8, 4) is 0 Å². The Balaban J connectivity index is 1.47. The average Bonchev–Trinajstić information content (AvgIpc) is 3.31. The van der Waals surface area contributed by atoms with Crippen molar-refractivity contribution in [1.29, 1.82) is 0 Å². The Bertz CT molecular complexity index is 826. The summed E-state index contributed by atoms with van der Waals surface area (Å²) in [5, 5.41) is 27.7. The van der Waals surface area contributed by atoms with Crippen molar-refractivity contribution in [2.75, 3.05) is 13.1 Å². The quantitative estimate of drug-likeness (QED) is 0.715. The normalized spacial score (nSPS) is 16.5. The maximum absolute atomic E-state index is 12.5. The Morgan fingerprint density at radius 1 is 1.32 bits per heavy atom. The van der Waals surface area contributed by atoms with E-state index in [0.29, 0.717) is 24.7 Å². The highest BCUT2D eigenvalue weighted by atomic mass is 32.1. The molecule has 2 N–H and O–H groups in total. The predicted octanol–water partition coefficient (Wildman–Crippen LogP) is 1.60. The molecule has 1 aliphatic rings. The molecule has 0 unspecified atom stereocenters. The lowest BCUT2D eigenvalue weighted by Gasteiger charge is -2.31. The third-order valence-corrected chi connectivity index (χ3v) is 5.99. The van der Waals surface area contributed by atoms with Crippen LogP contribution in [0.25, 0.3) is 0 Å². The predicted molar refractivity (Wildman–Crippen MR) is 102 cm³/mol. The minimum atomic E-state index is -0.943. The second-order valence-corrected chi connectivity index (χ2v) is 8.60. The number of likely N-dealkylation sites (tertiary alicyclic amines) is 1. The van der Waals surface area contributed by atoms with E-state index in [0.717, 1.165) is 24.3 Å². The van der Waals surface area contributed by atoms with Gasteiger partial charge in [-0.05, 0) is 24.7 Å². The van der Waals surface area contributed by atoms with E-state index >= 15 is 0 Å². The molecule has 0 aromatic carbocycles. The van der Waals surface area contributed by atoms with Crippen molar-refractivity contribution < 1.29 is 19.8 Å². The fourth-order valence-electron chi connectivity index (χ4n) is 3.24. The minimum absolute atomic E-state index is 0.0173. The summed E-state index contributed by atoms with van der Waals surface area (Å²) in [6, 6.07) is 0. The van der Waals surface area contributed by atoms with Gasteiger partial charge in [-0.25, -0.2) is 14.5 Å². The summed E-state index contributed by atoms with van der Waals surface area (Å²) in [5.41, 5.74) is 0.477. The number of aliphatic hydroxyl groups excluding tert-OH is 1. The molecule has 1 saturated heterocycles. The molecule has 3 heterocycles. The second kappa shape index (κ2) is 8.78. The molecular formula is C18H25N5O4S. The smallest absolute Gasteiger partial charge is 0.347 e. The van der Waals surface area contributed by atoms with E-state index in [4.69, 9.17) is 5.11 Å². The lowest BCUT2D eigenvalue weighted by molar-refractivity contribution is -0.133. The van der Waals surface area contributed by atoms with Crippen molar-refractivity contribution in [3.05, 3.63) is 28.0 Å². The summed E-state index contributed by atoms with van der Waals surface area (Å²) in [4.78, 5) is 29.7. The van der Waals surface area contributed by atoms with Gasteiger partial charge in [0, 0.05) is 19.5 Å². The Morgan fingerprint density at radius 3 is 2.64 bits per heavy atom. The van der Waals surface area contributed by atoms with Crippen molar-refractivity contribution in [3.63, 3.8) is 0 Å². The van der Waals surface area contributed by atoms with Crippen molar-refractivity contribution >= 4 is 23.2 Å². The molecule has 9 nitrogen and oxygen atoms in total. The number of amides is 1. The molecular weight excluding hydrogens is 382 g/mol. The van der Waals surface area contributed by atoms with E-state index in [1.807, 2.05) is 18.7 Å². The number of carboxylic acids is 1. The SMILES string of the molecule is CC(C)[C@@H](O)c1cn(CC(=O)N2CCC(Cc3ncc(C(=O)O)s3)CC2)nn1. The van der Waals surface area contributed by atoms with Gasteiger partial charge in [-0.1, -0.05) is 19.1 Å². The number of aromatic nitrogens is 4. The topological polar surface area (TPSA) is 121 Å². The molecule has 0 spiro atoms. The summed E-state index contributed by atoms with van der Waals surface area (Å²) in [6.07, 6.45) is 4.82. The van der Waals surface area contributed by atoms with Crippen LogP contribution in [-0.2, 0) is 17.8 Å². The summed E-state index contributed by atoms with van der Waals surface area (Å²) < 4.78 is 1.47. The molecule has 152 valence electrons. The fraction of sp³-hybridized carbons (Fsp3) is 0.611. The first-order valence-corrected chi connectivity index (χ1v) is 10.2. The number of aromatic carboxylic acids is 1. The Hall–Kier alpha value is -2.33. The van der Waals surface area contributed by atoms with Crippen LogP contribution in [0.5, 0.6) is 0 Å². The standard InChI is InChI=1S/C18H25N5O4S/c1-11(2)17(25)13-9-23(21-20-13)10-16(24)22-5-3-12(4-6-22)7-15-19-8-14(28-15)18(26)27/h8-9,11-12,17,25H,3-7,10H2,1-2H3,(H,26,27)/t17-/m1/s1. The third kappa shape index (κ3) is 4.93. The van der Waals surface area contributed by atoms with Gasteiger partial charge in [0.05, 0.1) is 17.4 Å². The molecule has 0 bridgehead atoms. The Labute approximate surface area is 167 Å². The maximum Gasteiger partial charge on any atom is 0.347 e. The van der Waals surface area contributed by atoms with Gasteiger partial charge in [-0.2, -0.15) is 0 Å². The monoisotopic (exact) mass is 407 g/mol. The maximum atomic E-state index is 12.5. The molecule has 2 aromatic heterocycles. The molecule has 0 saturated carbocycles. The fourth-order valence-corrected chi connectivity index (χ4v) is 4.11. The molecule has 10 heteroatoms. The van der Waals surface area contributed by atoms with E-state index in [2.05, 4.69) is 15.3 Å². The van der Waals surface area contributed by atoms with Crippen molar-refractivity contribution in [2.45, 2.75) is 45.8 Å². The number of carboxylic acid groups (broad SMARTS) is 1. The van der Waals surface area contributed by atoms with Crippen LogP contribution >= 0.6 is 11.3 Å². The number of thiazole rings is 1. The Kier molecular flexibility index (Phi) is 6.40. The number of nitrogens with zero attached hydrogens (tertiary/aromatic N) is 5. The lowest BCUT2D eigenvalue weighted by atomic mass is 9.94. The molecule has 2 aromatic rings. The van der Waals surface area contributed by atoms with Gasteiger partial charge in [-0.3, -0.25) is 4.79 Å². The second-order valence-electron chi connectivity index (χ2n) is 7.48. The van der Waals surface area contributed by atoms with Crippen LogP contribution in [0, 0.1) is 11.8 Å². The zero-order chi connectivity index (χ0) is 20.3. The number of rotatable bonds is 7. The highest BCUT2D eigenvalue weighted by Crippen LogP contribution is 2.24. The largest absolute Gasteiger partial charge is 0.477 e.